The molecule has 3 N–H and O–H groups in total. The highest BCUT2D eigenvalue weighted by Crippen LogP contribution is 2.33. The summed E-state index contributed by atoms with van der Waals surface area (Å²) in [5, 5.41) is 3.26. The molecule has 1 aliphatic rings. The minimum absolute atomic E-state index is 0.203. The van der Waals surface area contributed by atoms with E-state index in [1.807, 2.05) is 0 Å². The van der Waals surface area contributed by atoms with Gasteiger partial charge in [0.1, 0.15) is 0 Å². The fourth-order valence-electron chi connectivity index (χ4n) is 2.22. The number of hydrogen-bond donors (Lipinski definition) is 2. The minimum atomic E-state index is -4.49. The molecule has 1 aromatic rings. The molecule has 8 heteroatoms. The maximum atomic E-state index is 12.4. The van der Waals surface area contributed by atoms with Crippen LogP contribution in [-0.2, 0) is 6.18 Å². The first-order chi connectivity index (χ1) is 8.45. The molecule has 1 saturated carbocycles. The molecule has 102 valence electrons. The normalized spacial score (nSPS) is 19.8. The van der Waals surface area contributed by atoms with Gasteiger partial charge in [0.15, 0.2) is 0 Å². The molecule has 0 spiro atoms. The van der Waals surface area contributed by atoms with Crippen LogP contribution in [0.25, 0.3) is 0 Å². The second-order valence-electron chi connectivity index (χ2n) is 4.59. The summed E-state index contributed by atoms with van der Waals surface area (Å²) in [5.41, 5.74) is 5.43. The van der Waals surface area contributed by atoms with Crippen LogP contribution in [0.2, 0.25) is 0 Å². The van der Waals surface area contributed by atoms with Crippen molar-refractivity contribution in [3.8, 4) is 0 Å². The first kappa shape index (κ1) is 13.5. The van der Waals surface area contributed by atoms with Crippen LogP contribution < -0.4 is 11.1 Å². The number of nitrogens with zero attached hydrogens (tertiary/aromatic N) is 2. The molecule has 0 bridgehead atoms. The lowest BCUT2D eigenvalue weighted by molar-refractivity contribution is -0.144. The molecule has 1 aliphatic carbocycles. The van der Waals surface area contributed by atoms with Gasteiger partial charge in [-0.05, 0) is 12.8 Å². The van der Waals surface area contributed by atoms with Crippen LogP contribution in [0.1, 0.15) is 37.9 Å². The number of halogens is 3. The maximum absolute atomic E-state index is 12.4. The van der Waals surface area contributed by atoms with Gasteiger partial charge in [-0.2, -0.15) is 22.5 Å². The van der Waals surface area contributed by atoms with Gasteiger partial charge in [-0.25, -0.2) is 0 Å². The summed E-state index contributed by atoms with van der Waals surface area (Å²) in [7, 11) is 0. The zero-order valence-corrected chi connectivity index (χ0v) is 10.6. The number of alkyl halides is 3. The Balaban J connectivity index is 2.10. The Morgan fingerprint density at radius 2 is 1.94 bits per heavy atom. The zero-order chi connectivity index (χ0) is 13.2. The molecule has 1 fully saturated rings. The standard InChI is InChI=1S/C10H15F3N4S/c11-10(12,13)7-15-8(18-17-7)16-9(6-14)4-2-1-3-5-9/h1-6,14H2,(H,15,16,17). The van der Waals surface area contributed by atoms with E-state index >= 15 is 0 Å². The Morgan fingerprint density at radius 3 is 2.44 bits per heavy atom. The number of nitrogens with one attached hydrogen (secondary N) is 1. The van der Waals surface area contributed by atoms with Crippen LogP contribution in [0.15, 0.2) is 0 Å². The van der Waals surface area contributed by atoms with Gasteiger partial charge in [0.25, 0.3) is 0 Å². The van der Waals surface area contributed by atoms with E-state index < -0.39 is 12.0 Å². The lowest BCUT2D eigenvalue weighted by Crippen LogP contribution is -2.47. The quantitative estimate of drug-likeness (QED) is 0.893. The van der Waals surface area contributed by atoms with E-state index in [1.54, 1.807) is 0 Å². The van der Waals surface area contributed by atoms with Crippen molar-refractivity contribution in [3.05, 3.63) is 5.82 Å². The highest BCUT2D eigenvalue weighted by molar-refractivity contribution is 7.09. The zero-order valence-electron chi connectivity index (χ0n) is 9.76. The fourth-order valence-corrected chi connectivity index (χ4v) is 2.93. The number of hydrogen-bond acceptors (Lipinski definition) is 5. The second kappa shape index (κ2) is 5.00. The van der Waals surface area contributed by atoms with E-state index in [-0.39, 0.29) is 10.7 Å². The Morgan fingerprint density at radius 1 is 1.28 bits per heavy atom. The monoisotopic (exact) mass is 280 g/mol. The van der Waals surface area contributed by atoms with Crippen molar-refractivity contribution in [2.75, 3.05) is 11.9 Å². The molecule has 0 saturated heterocycles. The first-order valence-corrected chi connectivity index (χ1v) is 6.62. The highest BCUT2D eigenvalue weighted by atomic mass is 32.1. The largest absolute Gasteiger partial charge is 0.452 e. The van der Waals surface area contributed by atoms with E-state index in [9.17, 15) is 13.2 Å². The molecule has 0 radical (unpaired) electrons. The number of aromatic nitrogens is 2. The Bertz CT molecular complexity index is 398. The smallest absolute Gasteiger partial charge is 0.354 e. The molecular weight excluding hydrogens is 265 g/mol. The minimum Gasteiger partial charge on any atom is -0.354 e. The number of nitrogens with two attached hydrogens (primary N) is 1. The van der Waals surface area contributed by atoms with Crippen molar-refractivity contribution in [3.63, 3.8) is 0 Å². The van der Waals surface area contributed by atoms with Gasteiger partial charge in [-0.15, -0.1) is 0 Å². The van der Waals surface area contributed by atoms with Gasteiger partial charge < -0.3 is 11.1 Å². The predicted molar refractivity (Wildman–Crippen MR) is 63.4 cm³/mol. The van der Waals surface area contributed by atoms with Crippen LogP contribution in [0.4, 0.5) is 18.3 Å². The predicted octanol–water partition coefficient (Wildman–Crippen LogP) is 2.63. The molecular formula is C10H15F3N4S. The van der Waals surface area contributed by atoms with Crippen molar-refractivity contribution in [1.82, 2.24) is 9.36 Å². The van der Waals surface area contributed by atoms with Crippen molar-refractivity contribution in [2.45, 2.75) is 43.8 Å². The van der Waals surface area contributed by atoms with E-state index in [0.29, 0.717) is 6.54 Å². The molecule has 18 heavy (non-hydrogen) atoms. The van der Waals surface area contributed by atoms with Crippen molar-refractivity contribution in [2.24, 2.45) is 5.73 Å². The van der Waals surface area contributed by atoms with E-state index in [0.717, 1.165) is 43.6 Å². The molecule has 2 rings (SSSR count). The molecule has 0 unspecified atom stereocenters. The SMILES string of the molecule is NCC1(Nc2nc(C(F)(F)F)ns2)CCCCC1. The first-order valence-electron chi connectivity index (χ1n) is 5.84. The third-order valence-electron chi connectivity index (χ3n) is 3.25. The fraction of sp³-hybridized carbons (Fsp3) is 0.800. The highest BCUT2D eigenvalue weighted by Gasteiger charge is 2.37. The number of rotatable bonds is 3. The van der Waals surface area contributed by atoms with Gasteiger partial charge in [0.2, 0.25) is 11.0 Å². The Kier molecular flexibility index (Phi) is 3.76. The van der Waals surface area contributed by atoms with Crippen LogP contribution in [-0.4, -0.2) is 21.4 Å². The van der Waals surface area contributed by atoms with Crippen molar-refractivity contribution >= 4 is 16.7 Å². The summed E-state index contributed by atoms with van der Waals surface area (Å²) >= 11 is 0.736. The number of anilines is 1. The lowest BCUT2D eigenvalue weighted by atomic mass is 9.82. The molecule has 0 amide bonds. The average Bonchev–Trinajstić information content (AvgIpc) is 2.78. The summed E-state index contributed by atoms with van der Waals surface area (Å²) in [6.07, 6.45) is 0.464. The third kappa shape index (κ3) is 2.92. The second-order valence-corrected chi connectivity index (χ2v) is 5.34. The van der Waals surface area contributed by atoms with Crippen LogP contribution in [0.3, 0.4) is 0 Å². The van der Waals surface area contributed by atoms with Crippen LogP contribution in [0.5, 0.6) is 0 Å². The van der Waals surface area contributed by atoms with Gasteiger partial charge in [0, 0.05) is 18.1 Å². The third-order valence-corrected chi connectivity index (χ3v) is 3.88. The Labute approximate surface area is 107 Å². The maximum Gasteiger partial charge on any atom is 0.452 e. The average molecular weight is 280 g/mol. The molecule has 0 aromatic carbocycles. The molecule has 0 aliphatic heterocycles. The molecule has 1 heterocycles. The summed E-state index contributed by atoms with van der Waals surface area (Å²) in [5.74, 6) is -1.09. The van der Waals surface area contributed by atoms with Gasteiger partial charge in [-0.1, -0.05) is 19.3 Å². The summed E-state index contributed by atoms with van der Waals surface area (Å²) < 4.78 is 40.5. The van der Waals surface area contributed by atoms with Gasteiger partial charge in [-0.3, -0.25) is 0 Å². The van der Waals surface area contributed by atoms with Crippen molar-refractivity contribution in [1.29, 1.82) is 0 Å². The lowest BCUT2D eigenvalue weighted by Gasteiger charge is -2.36. The van der Waals surface area contributed by atoms with Crippen molar-refractivity contribution < 1.29 is 13.2 Å². The topological polar surface area (TPSA) is 63.8 Å². The molecule has 0 atom stereocenters. The molecule has 4 nitrogen and oxygen atoms in total. The van der Waals surface area contributed by atoms with Crippen LogP contribution in [0, 0.1) is 0 Å². The van der Waals surface area contributed by atoms with E-state index in [2.05, 4.69) is 14.7 Å². The van der Waals surface area contributed by atoms with Crippen LogP contribution >= 0.6 is 11.5 Å². The summed E-state index contributed by atoms with van der Waals surface area (Å²) in [6, 6.07) is 0. The molecule has 1 aromatic heterocycles. The van der Waals surface area contributed by atoms with E-state index in [1.165, 1.54) is 0 Å². The summed E-state index contributed by atoms with van der Waals surface area (Å²) in [4.78, 5) is 3.48. The van der Waals surface area contributed by atoms with Gasteiger partial charge in [0.05, 0.1) is 5.54 Å². The van der Waals surface area contributed by atoms with Gasteiger partial charge >= 0.3 is 6.18 Å². The van der Waals surface area contributed by atoms with E-state index in [4.69, 9.17) is 5.73 Å². The summed E-state index contributed by atoms with van der Waals surface area (Å²) in [6.45, 7) is 0.397. The Hall–Kier alpha value is -0.890.